The van der Waals surface area contributed by atoms with Gasteiger partial charge < -0.3 is 9.26 Å². The van der Waals surface area contributed by atoms with E-state index in [1.807, 2.05) is 31.2 Å². The number of hydrogen-bond acceptors (Lipinski definition) is 4. The van der Waals surface area contributed by atoms with E-state index in [1.54, 1.807) is 30.3 Å². The van der Waals surface area contributed by atoms with Crippen LogP contribution in [0.2, 0.25) is 5.02 Å². The number of carbonyl (C=O) groups excluding carboxylic acids is 1. The van der Waals surface area contributed by atoms with Crippen LogP contribution in [0.15, 0.2) is 59.1 Å². The van der Waals surface area contributed by atoms with Crippen LogP contribution in [0, 0.1) is 6.92 Å². The average Bonchev–Trinajstić information content (AvgIpc) is 3.05. The van der Waals surface area contributed by atoms with E-state index in [1.165, 1.54) is 5.56 Å². The van der Waals surface area contributed by atoms with Crippen molar-refractivity contribution in [1.29, 1.82) is 0 Å². The van der Waals surface area contributed by atoms with Crippen LogP contribution in [0.1, 0.15) is 16.8 Å². The fourth-order valence-corrected chi connectivity index (χ4v) is 2.33. The monoisotopic (exact) mass is 341 g/mol. The number of aryl methyl sites for hydroxylation is 1. The molecule has 1 heterocycles. The number of carbonyl (C=O) groups is 1. The molecule has 2 aromatic carbocycles. The number of nitrogens with zero attached hydrogens (tertiary/aromatic N) is 1. The van der Waals surface area contributed by atoms with E-state index < -0.39 is 0 Å². The molecular weight excluding hydrogens is 326 g/mol. The predicted molar refractivity (Wildman–Crippen MR) is 91.6 cm³/mol. The zero-order valence-electron chi connectivity index (χ0n) is 13.2. The van der Waals surface area contributed by atoms with Crippen molar-refractivity contribution in [3.05, 3.63) is 76.4 Å². The van der Waals surface area contributed by atoms with Gasteiger partial charge in [0.15, 0.2) is 5.76 Å². The Balaban J connectivity index is 1.56. The van der Waals surface area contributed by atoms with Gasteiger partial charge in [0, 0.05) is 16.7 Å². The first-order valence-corrected chi connectivity index (χ1v) is 7.90. The minimum atomic E-state index is -0.322. The Morgan fingerprint density at radius 3 is 2.54 bits per heavy atom. The Labute approximate surface area is 145 Å². The summed E-state index contributed by atoms with van der Waals surface area (Å²) in [6.07, 6.45) is 0.194. The summed E-state index contributed by atoms with van der Waals surface area (Å²) in [6.45, 7) is 2.11. The van der Waals surface area contributed by atoms with Gasteiger partial charge in [-0.1, -0.05) is 58.7 Å². The summed E-state index contributed by atoms with van der Waals surface area (Å²) in [5.41, 5.74) is 3.54. The topological polar surface area (TPSA) is 52.3 Å². The lowest BCUT2D eigenvalue weighted by molar-refractivity contribution is -0.144. The van der Waals surface area contributed by atoms with Crippen molar-refractivity contribution in [2.75, 3.05) is 0 Å². The number of rotatable bonds is 5. The van der Waals surface area contributed by atoms with Crippen LogP contribution >= 0.6 is 11.6 Å². The van der Waals surface area contributed by atoms with Gasteiger partial charge in [-0.15, -0.1) is 0 Å². The number of aromatic nitrogens is 1. The number of esters is 1. The summed E-state index contributed by atoms with van der Waals surface area (Å²) in [7, 11) is 0. The van der Waals surface area contributed by atoms with Gasteiger partial charge in [0.25, 0.3) is 0 Å². The van der Waals surface area contributed by atoms with Crippen LogP contribution in [-0.2, 0) is 22.6 Å². The summed E-state index contributed by atoms with van der Waals surface area (Å²) in [6, 6.07) is 16.8. The quantitative estimate of drug-likeness (QED) is 0.637. The minimum Gasteiger partial charge on any atom is -0.459 e. The van der Waals surface area contributed by atoms with Gasteiger partial charge in [0.2, 0.25) is 0 Å². The molecule has 0 saturated heterocycles. The fourth-order valence-electron chi connectivity index (χ4n) is 2.21. The zero-order valence-corrected chi connectivity index (χ0v) is 13.9. The van der Waals surface area contributed by atoms with Gasteiger partial charge in [-0.05, 0) is 24.6 Å². The van der Waals surface area contributed by atoms with Crippen LogP contribution in [-0.4, -0.2) is 11.1 Å². The third-order valence-corrected chi connectivity index (χ3v) is 3.79. The van der Waals surface area contributed by atoms with Crippen molar-refractivity contribution in [3.63, 3.8) is 0 Å². The molecule has 0 fully saturated rings. The summed E-state index contributed by atoms with van der Waals surface area (Å²) in [5, 5.41) is 4.57. The Morgan fingerprint density at radius 2 is 1.83 bits per heavy atom. The molecule has 3 aromatic rings. The molecule has 5 heteroatoms. The van der Waals surface area contributed by atoms with Crippen LogP contribution in [0.3, 0.4) is 0 Å². The highest BCUT2D eigenvalue weighted by atomic mass is 35.5. The molecule has 0 aliphatic carbocycles. The van der Waals surface area contributed by atoms with Gasteiger partial charge in [0.1, 0.15) is 12.3 Å². The second kappa shape index (κ2) is 7.32. The van der Waals surface area contributed by atoms with Crippen molar-refractivity contribution in [2.45, 2.75) is 20.0 Å². The number of ether oxygens (including phenoxy) is 1. The summed E-state index contributed by atoms with van der Waals surface area (Å²) < 4.78 is 10.5. The average molecular weight is 342 g/mol. The van der Waals surface area contributed by atoms with Crippen molar-refractivity contribution < 1.29 is 14.1 Å². The maximum atomic E-state index is 11.9. The van der Waals surface area contributed by atoms with E-state index in [-0.39, 0.29) is 19.0 Å². The normalized spacial score (nSPS) is 10.6. The molecule has 122 valence electrons. The van der Waals surface area contributed by atoms with Gasteiger partial charge in [-0.3, -0.25) is 4.79 Å². The standard InChI is InChI=1S/C19H16ClNO3/c1-13-2-6-15(7-3-13)18-11-17(21-24-18)12-23-19(22)10-14-4-8-16(20)9-5-14/h2-9,11H,10,12H2,1H3. The molecule has 0 unspecified atom stereocenters. The lowest BCUT2D eigenvalue weighted by atomic mass is 10.1. The Kier molecular flexibility index (Phi) is 4.96. The van der Waals surface area contributed by atoms with E-state index in [9.17, 15) is 4.79 Å². The third-order valence-electron chi connectivity index (χ3n) is 3.54. The maximum absolute atomic E-state index is 11.9. The molecule has 0 aliphatic rings. The molecule has 1 aromatic heterocycles. The molecule has 0 bridgehead atoms. The highest BCUT2D eigenvalue weighted by Crippen LogP contribution is 2.21. The first-order valence-electron chi connectivity index (χ1n) is 7.53. The second-order valence-corrected chi connectivity index (χ2v) is 5.95. The SMILES string of the molecule is Cc1ccc(-c2cc(COC(=O)Cc3ccc(Cl)cc3)no2)cc1. The minimum absolute atomic E-state index is 0.0851. The third kappa shape index (κ3) is 4.24. The molecular formula is C19H16ClNO3. The molecule has 24 heavy (non-hydrogen) atoms. The molecule has 0 amide bonds. The van der Waals surface area contributed by atoms with E-state index >= 15 is 0 Å². The molecule has 0 radical (unpaired) electrons. The Morgan fingerprint density at radius 1 is 1.12 bits per heavy atom. The highest BCUT2D eigenvalue weighted by Gasteiger charge is 2.10. The van der Waals surface area contributed by atoms with Crippen molar-refractivity contribution in [2.24, 2.45) is 0 Å². The summed E-state index contributed by atoms with van der Waals surface area (Å²) >= 11 is 5.82. The molecule has 0 atom stereocenters. The Hall–Kier alpha value is -2.59. The smallest absolute Gasteiger partial charge is 0.310 e. The van der Waals surface area contributed by atoms with Crippen molar-refractivity contribution in [3.8, 4) is 11.3 Å². The predicted octanol–water partition coefficient (Wildman–Crippen LogP) is 4.59. The molecule has 0 N–H and O–H groups in total. The van der Waals surface area contributed by atoms with Gasteiger partial charge >= 0.3 is 5.97 Å². The molecule has 0 aliphatic heterocycles. The second-order valence-electron chi connectivity index (χ2n) is 5.51. The van der Waals surface area contributed by atoms with Crippen molar-refractivity contribution >= 4 is 17.6 Å². The van der Waals surface area contributed by atoms with Crippen LogP contribution < -0.4 is 0 Å². The van der Waals surface area contributed by atoms with Crippen molar-refractivity contribution in [1.82, 2.24) is 5.16 Å². The van der Waals surface area contributed by atoms with E-state index in [0.717, 1.165) is 11.1 Å². The van der Waals surface area contributed by atoms with E-state index in [4.69, 9.17) is 20.9 Å². The van der Waals surface area contributed by atoms with Gasteiger partial charge in [0.05, 0.1) is 6.42 Å². The van der Waals surface area contributed by atoms with Crippen LogP contribution in [0.4, 0.5) is 0 Å². The zero-order chi connectivity index (χ0) is 16.9. The molecule has 3 rings (SSSR count). The highest BCUT2D eigenvalue weighted by molar-refractivity contribution is 6.30. The summed E-state index contributed by atoms with van der Waals surface area (Å²) in [4.78, 5) is 11.9. The van der Waals surface area contributed by atoms with E-state index in [2.05, 4.69) is 5.16 Å². The largest absolute Gasteiger partial charge is 0.459 e. The van der Waals surface area contributed by atoms with Crippen LogP contribution in [0.5, 0.6) is 0 Å². The van der Waals surface area contributed by atoms with Crippen LogP contribution in [0.25, 0.3) is 11.3 Å². The molecule has 0 spiro atoms. The maximum Gasteiger partial charge on any atom is 0.310 e. The molecule has 4 nitrogen and oxygen atoms in total. The first-order chi connectivity index (χ1) is 11.6. The van der Waals surface area contributed by atoms with E-state index in [0.29, 0.717) is 16.5 Å². The lowest BCUT2D eigenvalue weighted by Gasteiger charge is -2.02. The number of benzene rings is 2. The number of halogens is 1. The summed E-state index contributed by atoms with van der Waals surface area (Å²) in [5.74, 6) is 0.330. The Bertz CT molecular complexity index is 823. The fraction of sp³-hybridized carbons (Fsp3) is 0.158. The van der Waals surface area contributed by atoms with Gasteiger partial charge in [-0.25, -0.2) is 0 Å². The first kappa shape index (κ1) is 16.3. The molecule has 0 saturated carbocycles. The van der Waals surface area contributed by atoms with Gasteiger partial charge in [-0.2, -0.15) is 0 Å². The lowest BCUT2D eigenvalue weighted by Crippen LogP contribution is -2.08. The number of hydrogen-bond donors (Lipinski definition) is 0.